The number of alkyl halides is 2. The summed E-state index contributed by atoms with van der Waals surface area (Å²) in [4.78, 5) is 3.76. The van der Waals surface area contributed by atoms with E-state index in [1.54, 1.807) is 13.2 Å². The minimum atomic E-state index is -2.82. The highest BCUT2D eigenvalue weighted by atomic mass is 19.3. The lowest BCUT2D eigenvalue weighted by Gasteiger charge is -2.12. The fourth-order valence-electron chi connectivity index (χ4n) is 1.10. The summed E-state index contributed by atoms with van der Waals surface area (Å²) in [6.07, 6.45) is -3.36. The molecule has 0 saturated carbocycles. The summed E-state index contributed by atoms with van der Waals surface area (Å²) >= 11 is 0. The smallest absolute Gasteiger partial charge is 0.269 e. The number of rotatable bonds is 4. The maximum absolute atomic E-state index is 12.1. The van der Waals surface area contributed by atoms with E-state index in [0.29, 0.717) is 0 Å². The van der Waals surface area contributed by atoms with Gasteiger partial charge in [-0.05, 0) is 18.6 Å². The molecule has 0 spiro atoms. The molecule has 1 aromatic heterocycles. The molecule has 0 bridgehead atoms. The Bertz CT molecular complexity index is 303. The van der Waals surface area contributed by atoms with Crippen LogP contribution >= 0.6 is 0 Å². The third-order valence-electron chi connectivity index (χ3n) is 2.17. The Kier molecular flexibility index (Phi) is 4.11. The Morgan fingerprint density at radius 3 is 2.47 bits per heavy atom. The van der Waals surface area contributed by atoms with Gasteiger partial charge in [0, 0.05) is 13.3 Å². The number of methoxy groups -OCH3 is 1. The predicted molar refractivity (Wildman–Crippen MR) is 50.6 cm³/mol. The van der Waals surface area contributed by atoms with Crippen molar-refractivity contribution >= 4 is 0 Å². The van der Waals surface area contributed by atoms with Crippen molar-refractivity contribution in [1.29, 1.82) is 0 Å². The number of aliphatic hydroxyl groups is 1. The largest absolute Gasteiger partial charge is 0.381 e. The molecule has 0 radical (unpaired) electrons. The third-order valence-corrected chi connectivity index (χ3v) is 2.17. The number of ether oxygens (including phenoxy) is 1. The standard InChI is InChI=1S/C10H13F2NO2/c1-6(15-2)7-3-4-8(13-5-7)9(14)10(11)12/h3-6,9-10,14H,1-2H3. The monoisotopic (exact) mass is 217 g/mol. The molecule has 0 aliphatic rings. The molecule has 0 aliphatic carbocycles. The Balaban J connectivity index is 2.80. The lowest BCUT2D eigenvalue weighted by molar-refractivity contribution is -0.00826. The zero-order valence-electron chi connectivity index (χ0n) is 8.52. The van der Waals surface area contributed by atoms with Gasteiger partial charge in [-0.3, -0.25) is 4.98 Å². The molecule has 1 aromatic rings. The zero-order valence-corrected chi connectivity index (χ0v) is 8.52. The van der Waals surface area contributed by atoms with E-state index in [2.05, 4.69) is 4.98 Å². The number of hydrogen-bond donors (Lipinski definition) is 1. The maximum Gasteiger partial charge on any atom is 0.269 e. The van der Waals surface area contributed by atoms with Gasteiger partial charge >= 0.3 is 0 Å². The molecule has 1 N–H and O–H groups in total. The number of pyridine rings is 1. The van der Waals surface area contributed by atoms with Crippen LogP contribution in [0.1, 0.15) is 30.4 Å². The van der Waals surface area contributed by atoms with Crippen LogP contribution in [-0.2, 0) is 4.74 Å². The van der Waals surface area contributed by atoms with Gasteiger partial charge in [0.05, 0.1) is 11.8 Å². The summed E-state index contributed by atoms with van der Waals surface area (Å²) in [6.45, 7) is 1.82. The highest BCUT2D eigenvalue weighted by Gasteiger charge is 2.20. The predicted octanol–water partition coefficient (Wildman–Crippen LogP) is 2.09. The first-order valence-corrected chi connectivity index (χ1v) is 4.51. The normalized spacial score (nSPS) is 15.3. The first-order valence-electron chi connectivity index (χ1n) is 4.51. The fourth-order valence-corrected chi connectivity index (χ4v) is 1.10. The molecule has 15 heavy (non-hydrogen) atoms. The van der Waals surface area contributed by atoms with Crippen LogP contribution in [-0.4, -0.2) is 23.6 Å². The van der Waals surface area contributed by atoms with Crippen molar-refractivity contribution in [2.75, 3.05) is 7.11 Å². The van der Waals surface area contributed by atoms with E-state index in [1.165, 1.54) is 12.3 Å². The Morgan fingerprint density at radius 1 is 1.40 bits per heavy atom. The van der Waals surface area contributed by atoms with Gasteiger partial charge < -0.3 is 9.84 Å². The molecule has 1 rings (SSSR count). The maximum atomic E-state index is 12.1. The first kappa shape index (κ1) is 12.0. The molecule has 0 fully saturated rings. The second-order valence-electron chi connectivity index (χ2n) is 3.17. The van der Waals surface area contributed by atoms with Gasteiger partial charge in [0.25, 0.3) is 6.43 Å². The average molecular weight is 217 g/mol. The number of halogens is 2. The summed E-state index contributed by atoms with van der Waals surface area (Å²) in [6, 6.07) is 2.99. The minimum Gasteiger partial charge on any atom is -0.381 e. The second-order valence-corrected chi connectivity index (χ2v) is 3.17. The van der Waals surface area contributed by atoms with Crippen LogP contribution in [0.5, 0.6) is 0 Å². The van der Waals surface area contributed by atoms with Crippen molar-refractivity contribution in [2.24, 2.45) is 0 Å². The summed E-state index contributed by atoms with van der Waals surface area (Å²) < 4.78 is 29.3. The van der Waals surface area contributed by atoms with Gasteiger partial charge in [0.1, 0.15) is 0 Å². The number of aliphatic hydroxyl groups excluding tert-OH is 1. The highest BCUT2D eigenvalue weighted by molar-refractivity contribution is 5.17. The lowest BCUT2D eigenvalue weighted by Crippen LogP contribution is -2.10. The molecule has 2 unspecified atom stereocenters. The van der Waals surface area contributed by atoms with E-state index in [-0.39, 0.29) is 11.8 Å². The Morgan fingerprint density at radius 2 is 2.07 bits per heavy atom. The van der Waals surface area contributed by atoms with Gasteiger partial charge in [-0.2, -0.15) is 0 Å². The van der Waals surface area contributed by atoms with Gasteiger partial charge in [-0.1, -0.05) is 6.07 Å². The third kappa shape index (κ3) is 2.94. The number of hydrogen-bond acceptors (Lipinski definition) is 3. The van der Waals surface area contributed by atoms with E-state index >= 15 is 0 Å². The molecule has 5 heteroatoms. The molecular weight excluding hydrogens is 204 g/mol. The van der Waals surface area contributed by atoms with Gasteiger partial charge in [0.2, 0.25) is 0 Å². The topological polar surface area (TPSA) is 42.4 Å². The SMILES string of the molecule is COC(C)c1ccc(C(O)C(F)F)nc1. The average Bonchev–Trinajstić information content (AvgIpc) is 2.27. The first-order chi connectivity index (χ1) is 7.06. The van der Waals surface area contributed by atoms with Crippen molar-refractivity contribution in [2.45, 2.75) is 25.6 Å². The summed E-state index contributed by atoms with van der Waals surface area (Å²) in [7, 11) is 1.55. The molecule has 0 amide bonds. The minimum absolute atomic E-state index is 0.0305. The summed E-state index contributed by atoms with van der Waals surface area (Å²) in [5.74, 6) is 0. The lowest BCUT2D eigenvalue weighted by atomic mass is 10.1. The van der Waals surface area contributed by atoms with Crippen LogP contribution in [0.3, 0.4) is 0 Å². The zero-order chi connectivity index (χ0) is 11.4. The summed E-state index contributed by atoms with van der Waals surface area (Å²) in [5.41, 5.74) is 0.750. The molecule has 1 heterocycles. The van der Waals surface area contributed by atoms with Crippen molar-refractivity contribution in [3.05, 3.63) is 29.6 Å². The van der Waals surface area contributed by atoms with E-state index in [4.69, 9.17) is 9.84 Å². The molecule has 84 valence electrons. The van der Waals surface area contributed by atoms with E-state index in [9.17, 15) is 8.78 Å². The molecule has 2 atom stereocenters. The molecule has 0 aromatic carbocycles. The van der Waals surface area contributed by atoms with Crippen LogP contribution in [0.25, 0.3) is 0 Å². The van der Waals surface area contributed by atoms with Gasteiger partial charge in [0.15, 0.2) is 6.10 Å². The van der Waals surface area contributed by atoms with Crippen molar-refractivity contribution in [3.8, 4) is 0 Å². The molecule has 0 saturated heterocycles. The van der Waals surface area contributed by atoms with Crippen LogP contribution in [0.15, 0.2) is 18.3 Å². The Labute approximate surface area is 86.7 Å². The van der Waals surface area contributed by atoms with E-state index in [0.717, 1.165) is 5.56 Å². The van der Waals surface area contributed by atoms with Crippen molar-refractivity contribution < 1.29 is 18.6 Å². The van der Waals surface area contributed by atoms with Crippen LogP contribution in [0.4, 0.5) is 8.78 Å². The molecule has 0 aliphatic heterocycles. The summed E-state index contributed by atoms with van der Waals surface area (Å²) in [5, 5.41) is 9.04. The quantitative estimate of drug-likeness (QED) is 0.839. The molecular formula is C10H13F2NO2. The number of nitrogens with zero attached hydrogens (tertiary/aromatic N) is 1. The van der Waals surface area contributed by atoms with Crippen molar-refractivity contribution in [3.63, 3.8) is 0 Å². The van der Waals surface area contributed by atoms with E-state index in [1.807, 2.05) is 6.92 Å². The van der Waals surface area contributed by atoms with Gasteiger partial charge in [-0.15, -0.1) is 0 Å². The Hall–Kier alpha value is -1.07. The van der Waals surface area contributed by atoms with Crippen molar-refractivity contribution in [1.82, 2.24) is 4.98 Å². The van der Waals surface area contributed by atoms with Gasteiger partial charge in [-0.25, -0.2) is 8.78 Å². The van der Waals surface area contributed by atoms with Crippen LogP contribution in [0.2, 0.25) is 0 Å². The number of aromatic nitrogens is 1. The van der Waals surface area contributed by atoms with E-state index < -0.39 is 12.5 Å². The van der Waals surface area contributed by atoms with Crippen LogP contribution < -0.4 is 0 Å². The molecule has 3 nitrogen and oxygen atoms in total. The highest BCUT2D eigenvalue weighted by Crippen LogP contribution is 2.20. The second kappa shape index (κ2) is 5.14. The van der Waals surface area contributed by atoms with Crippen LogP contribution in [0, 0.1) is 0 Å². The fraction of sp³-hybridized carbons (Fsp3) is 0.500.